The molecule has 6 nitrogen and oxygen atoms in total. The standard InChI is InChI=1S/C12H12N2O2.C2HF3O2/c1-14-8-9(6-7-12(15)16)10-4-2-3-5-11(10)13-14;3-2(4,5)1(6)7/h2-5,8H,6-7H2,1H3;(H,6,7). The van der Waals surface area contributed by atoms with Crippen LogP contribution in [-0.4, -0.2) is 28.3 Å². The first-order valence-electron chi connectivity index (χ1n) is 6.36. The number of aryl methyl sites for hydroxylation is 2. The van der Waals surface area contributed by atoms with Crippen LogP contribution in [-0.2, 0) is 23.1 Å². The highest BCUT2D eigenvalue weighted by atomic mass is 19.4. The van der Waals surface area contributed by atoms with Crippen molar-refractivity contribution in [2.24, 2.45) is 7.05 Å². The second kappa shape index (κ2) is 7.52. The number of hydrogen-bond acceptors (Lipinski definition) is 4. The Hall–Kier alpha value is -2.71. The Morgan fingerprint density at radius 2 is 1.87 bits per heavy atom. The molecule has 23 heavy (non-hydrogen) atoms. The van der Waals surface area contributed by atoms with E-state index in [0.29, 0.717) is 6.42 Å². The Labute approximate surface area is 128 Å². The second-order valence-electron chi connectivity index (χ2n) is 4.52. The highest BCUT2D eigenvalue weighted by molar-refractivity contribution is 5.81. The number of carbonyl (C=O) groups is 2. The van der Waals surface area contributed by atoms with Gasteiger partial charge in [0.25, 0.3) is 0 Å². The van der Waals surface area contributed by atoms with Gasteiger partial charge in [-0.1, -0.05) is 22.9 Å². The normalized spacial score (nSPS) is 10.8. The summed E-state index contributed by atoms with van der Waals surface area (Å²) in [5.74, 6) is -3.78. The Morgan fingerprint density at radius 1 is 1.30 bits per heavy atom. The minimum Gasteiger partial charge on any atom is -0.542 e. The van der Waals surface area contributed by atoms with Gasteiger partial charge in [-0.25, -0.2) is 0 Å². The molecule has 0 unspecified atom stereocenters. The highest BCUT2D eigenvalue weighted by Gasteiger charge is 2.28. The number of nitrogens with zero attached hydrogens (tertiary/aromatic N) is 2. The van der Waals surface area contributed by atoms with E-state index in [1.807, 2.05) is 37.5 Å². The third-order valence-electron chi connectivity index (χ3n) is 2.70. The number of carboxylic acid groups (broad SMARTS) is 2. The zero-order chi connectivity index (χ0) is 17.6. The molecule has 1 heterocycles. The van der Waals surface area contributed by atoms with E-state index in [1.54, 1.807) is 4.68 Å². The van der Waals surface area contributed by atoms with Crippen molar-refractivity contribution >= 4 is 22.8 Å². The second-order valence-corrected chi connectivity index (χ2v) is 4.52. The molecule has 1 aromatic carbocycles. The smallest absolute Gasteiger partial charge is 0.430 e. The Balaban J connectivity index is 0.000000322. The number of fused-ring (bicyclic) bond motifs is 1. The average molecular weight is 330 g/mol. The molecule has 1 aromatic heterocycles. The van der Waals surface area contributed by atoms with E-state index in [1.165, 1.54) is 0 Å². The number of halogens is 3. The maximum atomic E-state index is 10.6. The lowest BCUT2D eigenvalue weighted by Crippen LogP contribution is -2.37. The van der Waals surface area contributed by atoms with E-state index >= 15 is 0 Å². The van der Waals surface area contributed by atoms with Crippen LogP contribution in [0.2, 0.25) is 0 Å². The summed E-state index contributed by atoms with van der Waals surface area (Å²) in [6, 6.07) is 7.77. The van der Waals surface area contributed by atoms with Crippen molar-refractivity contribution in [3.8, 4) is 0 Å². The quantitative estimate of drug-likeness (QED) is 0.821. The van der Waals surface area contributed by atoms with Gasteiger partial charge in [0, 0.05) is 17.4 Å². The molecule has 9 heteroatoms. The summed E-state index contributed by atoms with van der Waals surface area (Å²) in [5, 5.41) is 22.8. The molecule has 124 valence electrons. The van der Waals surface area contributed by atoms with Crippen molar-refractivity contribution in [2.75, 3.05) is 0 Å². The van der Waals surface area contributed by atoms with E-state index in [-0.39, 0.29) is 6.42 Å². The summed E-state index contributed by atoms with van der Waals surface area (Å²) in [7, 11) is 1.84. The first-order chi connectivity index (χ1) is 10.6. The van der Waals surface area contributed by atoms with E-state index < -0.39 is 18.1 Å². The molecule has 0 amide bonds. The van der Waals surface area contributed by atoms with Gasteiger partial charge >= 0.3 is 12.1 Å². The molecule has 2 aromatic rings. The summed E-state index contributed by atoms with van der Waals surface area (Å²) in [5.41, 5.74) is 1.92. The third-order valence-corrected chi connectivity index (χ3v) is 2.70. The Kier molecular flexibility index (Phi) is 6.00. The fourth-order valence-electron chi connectivity index (χ4n) is 1.77. The van der Waals surface area contributed by atoms with Crippen LogP contribution < -0.4 is 9.79 Å². The molecule has 0 saturated carbocycles. The van der Waals surface area contributed by atoms with Gasteiger partial charge in [0.1, 0.15) is 11.5 Å². The zero-order valence-corrected chi connectivity index (χ0v) is 12.0. The molecule has 0 fully saturated rings. The van der Waals surface area contributed by atoms with E-state index in [0.717, 1.165) is 16.5 Å². The van der Waals surface area contributed by atoms with Gasteiger partial charge in [0.05, 0.1) is 0 Å². The van der Waals surface area contributed by atoms with Gasteiger partial charge in [-0.05, 0) is 17.6 Å². The molecule has 0 saturated heterocycles. The molecule has 1 N–H and O–H groups in total. The van der Waals surface area contributed by atoms with Crippen LogP contribution in [0.25, 0.3) is 10.9 Å². The van der Waals surface area contributed by atoms with Crippen LogP contribution in [0, 0.1) is 0 Å². The number of aliphatic carboxylic acids is 2. The summed E-state index contributed by atoms with van der Waals surface area (Å²) >= 11 is 0. The van der Waals surface area contributed by atoms with Crippen LogP contribution in [0.5, 0.6) is 0 Å². The highest BCUT2D eigenvalue weighted by Crippen LogP contribution is 2.15. The number of carboxylic acids is 2. The van der Waals surface area contributed by atoms with Crippen molar-refractivity contribution in [1.82, 2.24) is 5.10 Å². The predicted octanol–water partition coefficient (Wildman–Crippen LogP) is 0.375. The molecule has 0 aliphatic carbocycles. The van der Waals surface area contributed by atoms with Crippen LogP contribution in [0.15, 0.2) is 30.5 Å². The number of hydrogen-bond donors (Lipinski definition) is 1. The summed E-state index contributed by atoms with van der Waals surface area (Å²) in [6.07, 6.45) is -2.63. The first-order valence-corrected chi connectivity index (χ1v) is 6.36. The molecule has 0 spiro atoms. The largest absolute Gasteiger partial charge is 0.542 e. The molecule has 2 rings (SSSR count). The number of benzene rings is 1. The minimum absolute atomic E-state index is 0.147. The van der Waals surface area contributed by atoms with Crippen molar-refractivity contribution < 1.29 is 37.7 Å². The third kappa shape index (κ3) is 5.89. The Morgan fingerprint density at radius 3 is 2.39 bits per heavy atom. The summed E-state index contributed by atoms with van der Waals surface area (Å²) < 4.78 is 33.3. The maximum Gasteiger partial charge on any atom is 0.430 e. The minimum atomic E-state index is -5.19. The van der Waals surface area contributed by atoms with Gasteiger partial charge in [-0.2, -0.15) is 13.2 Å². The first kappa shape index (κ1) is 18.3. The number of aromatic nitrogens is 2. The van der Waals surface area contributed by atoms with Crippen molar-refractivity contribution in [3.05, 3.63) is 36.0 Å². The maximum absolute atomic E-state index is 10.6. The SMILES string of the molecule is C[n+]1cc(CCC(=O)O)c2ccccc2n1.O=C([O-])C(F)(F)F. The number of alkyl halides is 3. The molecule has 0 bridgehead atoms. The van der Waals surface area contributed by atoms with Crippen LogP contribution in [0.1, 0.15) is 12.0 Å². The molecule has 0 aliphatic heterocycles. The fourth-order valence-corrected chi connectivity index (χ4v) is 1.77. The lowest BCUT2D eigenvalue weighted by atomic mass is 10.1. The van der Waals surface area contributed by atoms with E-state index in [2.05, 4.69) is 5.10 Å². The van der Waals surface area contributed by atoms with Crippen molar-refractivity contribution in [2.45, 2.75) is 19.0 Å². The van der Waals surface area contributed by atoms with Crippen LogP contribution in [0.3, 0.4) is 0 Å². The Bertz CT molecular complexity index is 717. The zero-order valence-electron chi connectivity index (χ0n) is 12.0. The van der Waals surface area contributed by atoms with Gasteiger partial charge in [0.15, 0.2) is 13.2 Å². The number of carbonyl (C=O) groups excluding carboxylic acids is 1. The fraction of sp³-hybridized carbons (Fsp3) is 0.286. The van der Waals surface area contributed by atoms with Gasteiger partial charge < -0.3 is 15.0 Å². The van der Waals surface area contributed by atoms with E-state index in [4.69, 9.17) is 15.0 Å². The summed E-state index contributed by atoms with van der Waals surface area (Å²) in [6.45, 7) is 0. The van der Waals surface area contributed by atoms with E-state index in [9.17, 15) is 18.0 Å². The van der Waals surface area contributed by atoms with Crippen molar-refractivity contribution in [3.63, 3.8) is 0 Å². The molecule has 0 atom stereocenters. The lowest BCUT2D eigenvalue weighted by molar-refractivity contribution is -0.728. The average Bonchev–Trinajstić information content (AvgIpc) is 2.44. The molecular formula is C14H13F3N2O4. The predicted molar refractivity (Wildman–Crippen MR) is 69.9 cm³/mol. The van der Waals surface area contributed by atoms with Gasteiger partial charge in [-0.3, -0.25) is 4.79 Å². The van der Waals surface area contributed by atoms with Gasteiger partial charge in [-0.15, -0.1) is 0 Å². The topological polar surface area (TPSA) is 94.2 Å². The number of rotatable bonds is 3. The summed E-state index contributed by atoms with van der Waals surface area (Å²) in [4.78, 5) is 19.4. The lowest BCUT2D eigenvalue weighted by Gasteiger charge is -2.03. The van der Waals surface area contributed by atoms with Crippen LogP contribution >= 0.6 is 0 Å². The van der Waals surface area contributed by atoms with Crippen molar-refractivity contribution in [1.29, 1.82) is 0 Å². The van der Waals surface area contributed by atoms with Crippen LogP contribution in [0.4, 0.5) is 13.2 Å². The molecule has 0 radical (unpaired) electrons. The van der Waals surface area contributed by atoms with Gasteiger partial charge in [0.2, 0.25) is 0 Å². The monoisotopic (exact) mass is 330 g/mol. The molecular weight excluding hydrogens is 317 g/mol. The molecule has 0 aliphatic rings.